The fraction of sp³-hybridized carbons (Fsp3) is 0.533. The zero-order valence-corrected chi connectivity index (χ0v) is 12.2. The number of halogens is 1. The van der Waals surface area contributed by atoms with E-state index in [9.17, 15) is 4.79 Å². The predicted molar refractivity (Wildman–Crippen MR) is 77.1 cm³/mol. The molecule has 0 spiro atoms. The van der Waals surface area contributed by atoms with Crippen LogP contribution in [0.25, 0.3) is 0 Å². The Balaban J connectivity index is 1.98. The number of carbonyl (C=O) groups is 1. The number of ketones is 1. The number of aryl methyl sites for hydroxylation is 1. The van der Waals surface area contributed by atoms with Crippen LogP contribution in [0, 0.1) is 0 Å². The summed E-state index contributed by atoms with van der Waals surface area (Å²) in [6, 6.07) is 7.44. The second-order valence-corrected chi connectivity index (χ2v) is 6.28. The number of rotatable bonds is 2. The van der Waals surface area contributed by atoms with Crippen molar-refractivity contribution >= 4 is 27.4 Å². The Bertz CT molecular complexity index is 469. The van der Waals surface area contributed by atoms with Crippen molar-refractivity contribution in [3.05, 3.63) is 28.2 Å². The van der Waals surface area contributed by atoms with Gasteiger partial charge in [-0.15, -0.1) is 0 Å². The normalized spacial score (nSPS) is 26.8. The molecule has 2 fully saturated rings. The second kappa shape index (κ2) is 4.69. The van der Waals surface area contributed by atoms with E-state index in [1.54, 1.807) is 0 Å². The van der Waals surface area contributed by atoms with Crippen molar-refractivity contribution in [2.75, 3.05) is 4.90 Å². The maximum absolute atomic E-state index is 11.7. The molecule has 2 aliphatic rings. The number of carbonyl (C=O) groups excluding carboxylic acids is 1. The topological polar surface area (TPSA) is 20.3 Å². The van der Waals surface area contributed by atoms with Gasteiger partial charge in [0.15, 0.2) is 0 Å². The molecule has 3 rings (SSSR count). The Hall–Kier alpha value is -0.830. The summed E-state index contributed by atoms with van der Waals surface area (Å²) >= 11 is 3.54. The van der Waals surface area contributed by atoms with Crippen LogP contribution in [-0.2, 0) is 11.2 Å². The molecule has 18 heavy (non-hydrogen) atoms. The van der Waals surface area contributed by atoms with E-state index in [2.05, 4.69) is 46.0 Å². The summed E-state index contributed by atoms with van der Waals surface area (Å²) < 4.78 is 1.14. The molecule has 1 aromatic carbocycles. The number of piperidine rings is 1. The van der Waals surface area contributed by atoms with E-state index in [4.69, 9.17) is 0 Å². The number of anilines is 1. The smallest absolute Gasteiger partial charge is 0.137 e. The highest BCUT2D eigenvalue weighted by Crippen LogP contribution is 2.40. The summed E-state index contributed by atoms with van der Waals surface area (Å²) in [7, 11) is 0. The summed E-state index contributed by atoms with van der Waals surface area (Å²) in [5.74, 6) is 0.453. The van der Waals surface area contributed by atoms with Gasteiger partial charge in [-0.1, -0.05) is 22.9 Å². The average Bonchev–Trinajstić information content (AvgIpc) is 2.62. The molecule has 2 saturated heterocycles. The van der Waals surface area contributed by atoms with E-state index in [1.807, 2.05) is 0 Å². The van der Waals surface area contributed by atoms with Crippen LogP contribution in [0.2, 0.25) is 0 Å². The molecule has 0 N–H and O–H groups in total. The first-order valence-electron chi connectivity index (χ1n) is 6.77. The highest BCUT2D eigenvalue weighted by molar-refractivity contribution is 9.10. The Morgan fingerprint density at radius 3 is 2.56 bits per heavy atom. The first-order valence-corrected chi connectivity index (χ1v) is 7.56. The van der Waals surface area contributed by atoms with Crippen molar-refractivity contribution in [2.24, 2.45) is 0 Å². The fourth-order valence-corrected chi connectivity index (χ4v) is 3.86. The number of hydrogen-bond donors (Lipinski definition) is 0. The molecule has 0 amide bonds. The molecular weight excluding hydrogens is 290 g/mol. The van der Waals surface area contributed by atoms with Gasteiger partial charge >= 0.3 is 0 Å². The van der Waals surface area contributed by atoms with Crippen molar-refractivity contribution in [1.82, 2.24) is 0 Å². The Kier molecular flexibility index (Phi) is 3.18. The molecule has 2 atom stereocenters. The van der Waals surface area contributed by atoms with Gasteiger partial charge in [-0.05, 0) is 43.0 Å². The lowest BCUT2D eigenvalue weighted by molar-refractivity contribution is -0.120. The van der Waals surface area contributed by atoms with Gasteiger partial charge in [0.1, 0.15) is 5.78 Å². The van der Waals surface area contributed by atoms with Crippen LogP contribution in [0.5, 0.6) is 0 Å². The van der Waals surface area contributed by atoms with Gasteiger partial charge in [0.25, 0.3) is 0 Å². The van der Waals surface area contributed by atoms with Gasteiger partial charge < -0.3 is 4.90 Å². The van der Waals surface area contributed by atoms with Crippen LogP contribution >= 0.6 is 15.9 Å². The molecule has 0 aliphatic carbocycles. The standard InChI is InChI=1S/C15H18BrNO/c1-2-10-7-11(16)3-6-15(10)17-12-4-5-13(17)9-14(18)8-12/h3,6-7,12-13H,2,4-5,8-9H2,1H3. The van der Waals surface area contributed by atoms with Crippen LogP contribution in [0.15, 0.2) is 22.7 Å². The zero-order valence-electron chi connectivity index (χ0n) is 10.7. The van der Waals surface area contributed by atoms with E-state index < -0.39 is 0 Å². The van der Waals surface area contributed by atoms with Crippen LogP contribution in [-0.4, -0.2) is 17.9 Å². The second-order valence-electron chi connectivity index (χ2n) is 5.37. The minimum absolute atomic E-state index is 0.447. The van der Waals surface area contributed by atoms with Crippen LogP contribution in [0.3, 0.4) is 0 Å². The molecule has 96 valence electrons. The van der Waals surface area contributed by atoms with Crippen molar-refractivity contribution in [2.45, 2.75) is 51.1 Å². The van der Waals surface area contributed by atoms with E-state index in [-0.39, 0.29) is 0 Å². The van der Waals surface area contributed by atoms with Crippen molar-refractivity contribution in [1.29, 1.82) is 0 Å². The third-order valence-corrected chi connectivity index (χ3v) is 4.74. The molecule has 0 aromatic heterocycles. The highest BCUT2D eigenvalue weighted by atomic mass is 79.9. The lowest BCUT2D eigenvalue weighted by atomic mass is 9.98. The Morgan fingerprint density at radius 1 is 1.28 bits per heavy atom. The summed E-state index contributed by atoms with van der Waals surface area (Å²) in [5.41, 5.74) is 2.73. The van der Waals surface area contributed by atoms with Gasteiger partial charge in [0.2, 0.25) is 0 Å². The maximum Gasteiger partial charge on any atom is 0.137 e. The van der Waals surface area contributed by atoms with Crippen LogP contribution < -0.4 is 4.90 Å². The molecule has 1 aromatic rings. The monoisotopic (exact) mass is 307 g/mol. The van der Waals surface area contributed by atoms with E-state index in [0.717, 1.165) is 23.7 Å². The predicted octanol–water partition coefficient (Wildman–Crippen LogP) is 3.71. The summed E-state index contributed by atoms with van der Waals surface area (Å²) in [6.07, 6.45) is 4.88. The van der Waals surface area contributed by atoms with E-state index >= 15 is 0 Å². The minimum Gasteiger partial charge on any atom is -0.364 e. The zero-order chi connectivity index (χ0) is 12.7. The third-order valence-electron chi connectivity index (χ3n) is 4.25. The molecule has 2 bridgehead atoms. The molecule has 2 heterocycles. The first kappa shape index (κ1) is 12.2. The summed E-state index contributed by atoms with van der Waals surface area (Å²) in [4.78, 5) is 14.2. The van der Waals surface area contributed by atoms with Gasteiger partial charge in [-0.3, -0.25) is 4.79 Å². The van der Waals surface area contributed by atoms with Crippen LogP contribution in [0.4, 0.5) is 5.69 Å². The summed E-state index contributed by atoms with van der Waals surface area (Å²) in [5, 5.41) is 0. The van der Waals surface area contributed by atoms with Gasteiger partial charge in [-0.25, -0.2) is 0 Å². The van der Waals surface area contributed by atoms with Crippen molar-refractivity contribution in [3.63, 3.8) is 0 Å². The van der Waals surface area contributed by atoms with Crippen molar-refractivity contribution < 1.29 is 4.79 Å². The largest absolute Gasteiger partial charge is 0.364 e. The lowest BCUT2D eigenvalue weighted by Gasteiger charge is -2.37. The van der Waals surface area contributed by atoms with Gasteiger partial charge in [-0.2, -0.15) is 0 Å². The molecule has 2 aliphatic heterocycles. The Labute approximate surface area is 116 Å². The summed E-state index contributed by atoms with van der Waals surface area (Å²) in [6.45, 7) is 2.20. The van der Waals surface area contributed by atoms with E-state index in [1.165, 1.54) is 24.1 Å². The van der Waals surface area contributed by atoms with E-state index in [0.29, 0.717) is 17.9 Å². The number of fused-ring (bicyclic) bond motifs is 2. The van der Waals surface area contributed by atoms with Crippen LogP contribution in [0.1, 0.15) is 38.2 Å². The minimum atomic E-state index is 0.447. The van der Waals surface area contributed by atoms with Gasteiger partial charge in [0, 0.05) is 35.1 Å². The molecular formula is C15H18BrNO. The number of nitrogens with zero attached hydrogens (tertiary/aromatic N) is 1. The number of Topliss-reactive ketones (excluding diaryl/α,β-unsaturated/α-hetero) is 1. The van der Waals surface area contributed by atoms with Gasteiger partial charge in [0.05, 0.1) is 0 Å². The molecule has 0 saturated carbocycles. The fourth-order valence-electron chi connectivity index (χ4n) is 3.45. The molecule has 2 unspecified atom stereocenters. The molecule has 3 heteroatoms. The average molecular weight is 308 g/mol. The maximum atomic E-state index is 11.7. The highest BCUT2D eigenvalue weighted by Gasteiger charge is 2.40. The molecule has 2 nitrogen and oxygen atoms in total. The SMILES string of the molecule is CCc1cc(Br)ccc1N1C2CCC1CC(=O)C2. The Morgan fingerprint density at radius 2 is 1.94 bits per heavy atom. The number of hydrogen-bond acceptors (Lipinski definition) is 2. The van der Waals surface area contributed by atoms with Crippen molar-refractivity contribution in [3.8, 4) is 0 Å². The third kappa shape index (κ3) is 1.99. The quantitative estimate of drug-likeness (QED) is 0.830. The molecule has 0 radical (unpaired) electrons. The lowest BCUT2D eigenvalue weighted by Crippen LogP contribution is -2.43. The first-order chi connectivity index (χ1) is 8.69. The number of benzene rings is 1.